The molecule has 0 fully saturated rings. The zero-order valence-electron chi connectivity index (χ0n) is 11.5. The number of hydrogen-bond donors (Lipinski definition) is 2. The molecule has 2 aromatic heterocycles. The first kappa shape index (κ1) is 14.2. The van der Waals surface area contributed by atoms with Crippen molar-refractivity contribution in [2.45, 2.75) is 45.2 Å². The molecule has 0 radical (unpaired) electrons. The minimum atomic E-state index is 0.231. The second kappa shape index (κ2) is 6.84. The molecule has 2 atom stereocenters. The van der Waals surface area contributed by atoms with Crippen LogP contribution < -0.4 is 11.3 Å². The third-order valence-corrected chi connectivity index (χ3v) is 4.19. The predicted molar refractivity (Wildman–Crippen MR) is 80.1 cm³/mol. The fourth-order valence-electron chi connectivity index (χ4n) is 2.05. The third-order valence-electron chi connectivity index (χ3n) is 3.46. The highest BCUT2D eigenvalue weighted by Crippen LogP contribution is 2.13. The molecule has 0 aromatic carbocycles. The highest BCUT2D eigenvalue weighted by Gasteiger charge is 2.12. The zero-order valence-corrected chi connectivity index (χ0v) is 12.4. The molecule has 3 N–H and O–H groups in total. The molecule has 104 valence electrons. The molecular weight excluding hydrogens is 256 g/mol. The molecule has 0 bridgehead atoms. The normalized spacial score (nSPS) is 14.5. The van der Waals surface area contributed by atoms with Crippen molar-refractivity contribution in [2.75, 3.05) is 0 Å². The van der Waals surface area contributed by atoms with Gasteiger partial charge in [-0.15, -0.1) is 0 Å². The minimum Gasteiger partial charge on any atom is -0.271 e. The van der Waals surface area contributed by atoms with Gasteiger partial charge in [0, 0.05) is 24.7 Å². The summed E-state index contributed by atoms with van der Waals surface area (Å²) < 4.78 is 2.04. The summed E-state index contributed by atoms with van der Waals surface area (Å²) in [5.74, 6) is 5.65. The Balaban J connectivity index is 1.96. The van der Waals surface area contributed by atoms with E-state index in [1.165, 1.54) is 5.56 Å². The van der Waals surface area contributed by atoms with Crippen LogP contribution in [0.5, 0.6) is 0 Å². The maximum absolute atomic E-state index is 5.65. The van der Waals surface area contributed by atoms with Crippen molar-refractivity contribution in [1.29, 1.82) is 0 Å². The average Bonchev–Trinajstić information content (AvgIpc) is 3.08. The second-order valence-corrected chi connectivity index (χ2v) is 5.73. The van der Waals surface area contributed by atoms with Gasteiger partial charge in [0.15, 0.2) is 0 Å². The molecule has 0 aliphatic rings. The smallest absolute Gasteiger partial charge is 0.0640 e. The minimum absolute atomic E-state index is 0.231. The number of hydrazine groups is 1. The Hall–Kier alpha value is -1.17. The van der Waals surface area contributed by atoms with Crippen LogP contribution in [0.3, 0.4) is 0 Å². The summed E-state index contributed by atoms with van der Waals surface area (Å²) >= 11 is 1.72. The molecular formula is C14H22N4S. The van der Waals surface area contributed by atoms with Crippen molar-refractivity contribution < 1.29 is 0 Å². The van der Waals surface area contributed by atoms with Crippen LogP contribution in [-0.2, 0) is 12.8 Å². The van der Waals surface area contributed by atoms with Crippen molar-refractivity contribution in [3.63, 3.8) is 0 Å². The van der Waals surface area contributed by atoms with E-state index in [-0.39, 0.29) is 6.04 Å². The van der Waals surface area contributed by atoms with E-state index in [4.69, 9.17) is 5.84 Å². The number of nitrogens with zero attached hydrogens (tertiary/aromatic N) is 2. The molecule has 2 unspecified atom stereocenters. The topological polar surface area (TPSA) is 55.9 Å². The summed E-state index contributed by atoms with van der Waals surface area (Å²) in [4.78, 5) is 0. The van der Waals surface area contributed by atoms with Crippen LogP contribution in [0, 0.1) is 0 Å². The van der Waals surface area contributed by atoms with Crippen LogP contribution in [0.25, 0.3) is 0 Å². The Morgan fingerprint density at radius 2 is 2.26 bits per heavy atom. The van der Waals surface area contributed by atoms with Gasteiger partial charge in [0.05, 0.1) is 5.69 Å². The Kier molecular flexibility index (Phi) is 5.13. The number of thiophene rings is 1. The van der Waals surface area contributed by atoms with Crippen LogP contribution in [0.4, 0.5) is 0 Å². The van der Waals surface area contributed by atoms with Gasteiger partial charge in [-0.2, -0.15) is 16.4 Å². The molecule has 19 heavy (non-hydrogen) atoms. The van der Waals surface area contributed by atoms with Crippen LogP contribution in [0.1, 0.15) is 37.6 Å². The van der Waals surface area contributed by atoms with Crippen molar-refractivity contribution in [3.05, 3.63) is 40.3 Å². The molecule has 2 rings (SSSR count). The predicted octanol–water partition coefficient (Wildman–Crippen LogP) is 2.53. The monoisotopic (exact) mass is 278 g/mol. The lowest BCUT2D eigenvalue weighted by atomic mass is 10.1. The summed E-state index contributed by atoms with van der Waals surface area (Å²) in [6.07, 6.45) is 4.95. The number of rotatable bonds is 7. The Morgan fingerprint density at radius 3 is 2.89 bits per heavy atom. The van der Waals surface area contributed by atoms with E-state index in [0.717, 1.165) is 25.0 Å². The SMILES string of the molecule is CCC(C)n1ccc(CC(Cc2ccsc2)NN)n1. The van der Waals surface area contributed by atoms with Gasteiger partial charge in [-0.3, -0.25) is 16.0 Å². The zero-order chi connectivity index (χ0) is 13.7. The highest BCUT2D eigenvalue weighted by molar-refractivity contribution is 7.07. The van der Waals surface area contributed by atoms with E-state index in [2.05, 4.69) is 53.5 Å². The van der Waals surface area contributed by atoms with E-state index in [1.807, 2.05) is 4.68 Å². The molecule has 5 heteroatoms. The van der Waals surface area contributed by atoms with Gasteiger partial charge in [0.1, 0.15) is 0 Å². The molecule has 0 amide bonds. The lowest BCUT2D eigenvalue weighted by Crippen LogP contribution is -2.38. The van der Waals surface area contributed by atoms with E-state index < -0.39 is 0 Å². The fourth-order valence-corrected chi connectivity index (χ4v) is 2.74. The number of hydrogen-bond acceptors (Lipinski definition) is 4. The van der Waals surface area contributed by atoms with E-state index in [1.54, 1.807) is 11.3 Å². The Labute approximate surface area is 118 Å². The third kappa shape index (κ3) is 3.89. The van der Waals surface area contributed by atoms with Gasteiger partial charge in [-0.1, -0.05) is 6.92 Å². The quantitative estimate of drug-likeness (QED) is 0.604. The number of aromatic nitrogens is 2. The molecule has 0 saturated carbocycles. The largest absolute Gasteiger partial charge is 0.271 e. The standard InChI is InChI=1S/C14H22N4S/c1-3-11(2)18-6-4-13(17-18)9-14(16-15)8-12-5-7-19-10-12/h4-7,10-11,14,16H,3,8-9,15H2,1-2H3. The molecule has 0 aliphatic heterocycles. The van der Waals surface area contributed by atoms with Crippen molar-refractivity contribution in [2.24, 2.45) is 5.84 Å². The maximum atomic E-state index is 5.65. The lowest BCUT2D eigenvalue weighted by molar-refractivity contribution is 0.464. The summed E-state index contributed by atoms with van der Waals surface area (Å²) in [5, 5.41) is 8.89. The Bertz CT molecular complexity index is 477. The van der Waals surface area contributed by atoms with Gasteiger partial charge in [0.25, 0.3) is 0 Å². The maximum Gasteiger partial charge on any atom is 0.0640 e. The molecule has 0 aliphatic carbocycles. The average molecular weight is 278 g/mol. The van der Waals surface area contributed by atoms with Gasteiger partial charge < -0.3 is 0 Å². The second-order valence-electron chi connectivity index (χ2n) is 4.95. The van der Waals surface area contributed by atoms with Gasteiger partial charge in [0.2, 0.25) is 0 Å². The van der Waals surface area contributed by atoms with Crippen LogP contribution in [-0.4, -0.2) is 15.8 Å². The highest BCUT2D eigenvalue weighted by atomic mass is 32.1. The summed E-state index contributed by atoms with van der Waals surface area (Å²) in [7, 11) is 0. The summed E-state index contributed by atoms with van der Waals surface area (Å²) in [6, 6.07) is 4.92. The van der Waals surface area contributed by atoms with Crippen molar-refractivity contribution in [3.8, 4) is 0 Å². The van der Waals surface area contributed by atoms with Gasteiger partial charge in [-0.25, -0.2) is 0 Å². The first-order valence-electron chi connectivity index (χ1n) is 6.74. The molecule has 2 heterocycles. The van der Waals surface area contributed by atoms with Crippen molar-refractivity contribution in [1.82, 2.24) is 15.2 Å². The molecule has 2 aromatic rings. The van der Waals surface area contributed by atoms with Gasteiger partial charge >= 0.3 is 0 Å². The first-order chi connectivity index (χ1) is 9.22. The molecule has 0 saturated heterocycles. The Morgan fingerprint density at radius 1 is 1.42 bits per heavy atom. The van der Waals surface area contributed by atoms with Crippen LogP contribution in [0.2, 0.25) is 0 Å². The lowest BCUT2D eigenvalue weighted by Gasteiger charge is -2.14. The van der Waals surface area contributed by atoms with Crippen LogP contribution in [0.15, 0.2) is 29.1 Å². The van der Waals surface area contributed by atoms with E-state index in [9.17, 15) is 0 Å². The molecule has 0 spiro atoms. The number of nitrogens with one attached hydrogen (secondary N) is 1. The van der Waals surface area contributed by atoms with E-state index >= 15 is 0 Å². The molecule has 4 nitrogen and oxygen atoms in total. The summed E-state index contributed by atoms with van der Waals surface area (Å²) in [5.41, 5.74) is 5.32. The number of nitrogens with two attached hydrogens (primary N) is 1. The van der Waals surface area contributed by atoms with Crippen LogP contribution >= 0.6 is 11.3 Å². The summed E-state index contributed by atoms with van der Waals surface area (Å²) in [6.45, 7) is 4.35. The fraction of sp³-hybridized carbons (Fsp3) is 0.500. The van der Waals surface area contributed by atoms with Crippen molar-refractivity contribution >= 4 is 11.3 Å². The van der Waals surface area contributed by atoms with E-state index in [0.29, 0.717) is 6.04 Å². The first-order valence-corrected chi connectivity index (χ1v) is 7.68. The van der Waals surface area contributed by atoms with Gasteiger partial charge in [-0.05, 0) is 48.2 Å².